The van der Waals surface area contributed by atoms with Gasteiger partial charge in [0.25, 0.3) is 17.7 Å². The van der Waals surface area contributed by atoms with Gasteiger partial charge in [-0.05, 0) is 83.0 Å². The third kappa shape index (κ3) is 6.92. The molecule has 0 aliphatic heterocycles. The normalized spacial score (nSPS) is 11.2. The molecule has 0 aliphatic carbocycles. The maximum atomic E-state index is 13.4. The summed E-state index contributed by atoms with van der Waals surface area (Å²) in [5.74, 6) is -2.18. The van der Waals surface area contributed by atoms with Gasteiger partial charge in [0.2, 0.25) is 17.8 Å². The van der Waals surface area contributed by atoms with E-state index in [0.717, 1.165) is 0 Å². The predicted octanol–water partition coefficient (Wildman–Crippen LogP) is 3.96. The third-order valence-corrected chi connectivity index (χ3v) is 8.53. The van der Waals surface area contributed by atoms with E-state index in [-0.39, 0.29) is 47.6 Å². The van der Waals surface area contributed by atoms with E-state index in [1.807, 2.05) is 25.3 Å². The van der Waals surface area contributed by atoms with E-state index in [0.29, 0.717) is 78.3 Å². The van der Waals surface area contributed by atoms with E-state index in [9.17, 15) is 24.3 Å². The number of nitrogens with one attached hydrogen (secondary N) is 2. The number of fused-ring (bicyclic) bond motifs is 2. The molecule has 17 nitrogen and oxygen atoms in total. The van der Waals surface area contributed by atoms with E-state index < -0.39 is 17.7 Å². The van der Waals surface area contributed by atoms with Gasteiger partial charge >= 0.3 is 0 Å². The fourth-order valence-corrected chi connectivity index (χ4v) is 6.11. The fraction of sp³-hybridized carbons (Fsp3) is 0.314. The summed E-state index contributed by atoms with van der Waals surface area (Å²) in [7, 11) is 0. The molecule has 0 saturated heterocycles. The number of unbranched alkanes of at least 4 members (excludes halogenated alkanes) is 1. The van der Waals surface area contributed by atoms with Crippen molar-refractivity contribution in [1.82, 2.24) is 38.7 Å². The minimum Gasteiger partial charge on any atom is -0.505 e. The van der Waals surface area contributed by atoms with Crippen LogP contribution in [0.4, 0.5) is 11.9 Å². The molecule has 6 rings (SSSR count). The Labute approximate surface area is 298 Å². The summed E-state index contributed by atoms with van der Waals surface area (Å²) in [5, 5.41) is 25.4. The summed E-state index contributed by atoms with van der Waals surface area (Å²) in [6, 6.07) is 11.3. The molecule has 0 unspecified atom stereocenters. The lowest BCUT2D eigenvalue weighted by molar-refractivity contribution is 0.0990. The Morgan fingerprint density at radius 2 is 1.25 bits per heavy atom. The lowest BCUT2D eigenvalue weighted by Gasteiger charge is -2.13. The van der Waals surface area contributed by atoms with Crippen molar-refractivity contribution >= 4 is 57.6 Å². The highest BCUT2D eigenvalue weighted by Gasteiger charge is 2.23. The summed E-state index contributed by atoms with van der Waals surface area (Å²) in [5.41, 5.74) is 15.0. The van der Waals surface area contributed by atoms with Crippen LogP contribution in [0.2, 0.25) is 0 Å². The first-order valence-electron chi connectivity index (χ1n) is 16.4. The molecular formula is C35H42N12O5. The van der Waals surface area contributed by atoms with E-state index in [4.69, 9.17) is 11.5 Å². The average Bonchev–Trinajstić information content (AvgIpc) is 3.85. The Bertz CT molecular complexity index is 2340. The number of nitrogens with two attached hydrogens (primary N) is 2. The van der Waals surface area contributed by atoms with Gasteiger partial charge < -0.3 is 25.7 Å². The highest BCUT2D eigenvalue weighted by Crippen LogP contribution is 2.31. The molecule has 0 bridgehead atoms. The van der Waals surface area contributed by atoms with Crippen LogP contribution in [0.25, 0.3) is 22.1 Å². The number of aryl methyl sites for hydroxylation is 6. The largest absolute Gasteiger partial charge is 0.505 e. The van der Waals surface area contributed by atoms with Gasteiger partial charge in [-0.15, -0.1) is 0 Å². The van der Waals surface area contributed by atoms with E-state index in [1.165, 1.54) is 6.07 Å². The number of phenols is 1. The molecule has 4 amide bonds. The number of carbonyl (C=O) groups excluding carboxylic acids is 4. The number of amides is 4. The predicted molar refractivity (Wildman–Crippen MR) is 195 cm³/mol. The number of hydrogen-bond donors (Lipinski definition) is 5. The first-order valence-corrected chi connectivity index (χ1v) is 16.4. The number of carbonyl (C=O) groups is 4. The van der Waals surface area contributed by atoms with Crippen LogP contribution in [-0.4, -0.2) is 67.4 Å². The van der Waals surface area contributed by atoms with Gasteiger partial charge in [-0.2, -0.15) is 10.2 Å². The maximum Gasteiger partial charge on any atom is 0.276 e. The summed E-state index contributed by atoms with van der Waals surface area (Å²) in [6.45, 7) is 9.11. The minimum atomic E-state index is -0.815. The smallest absolute Gasteiger partial charge is 0.276 e. The third-order valence-electron chi connectivity index (χ3n) is 8.53. The quantitative estimate of drug-likeness (QED) is 0.109. The molecule has 272 valence electrons. The number of anilines is 2. The van der Waals surface area contributed by atoms with Crippen LogP contribution in [0, 0.1) is 13.8 Å². The summed E-state index contributed by atoms with van der Waals surface area (Å²) < 4.78 is 6.79. The first-order chi connectivity index (χ1) is 24.4. The van der Waals surface area contributed by atoms with Crippen LogP contribution in [0.3, 0.4) is 0 Å². The highest BCUT2D eigenvalue weighted by atomic mass is 16.3. The van der Waals surface area contributed by atoms with Crippen LogP contribution in [0.5, 0.6) is 5.75 Å². The van der Waals surface area contributed by atoms with Crippen molar-refractivity contribution in [2.45, 2.75) is 74.1 Å². The Balaban J connectivity index is 0.00000523. The van der Waals surface area contributed by atoms with Gasteiger partial charge in [0.1, 0.15) is 16.9 Å². The van der Waals surface area contributed by atoms with Crippen molar-refractivity contribution in [1.29, 1.82) is 0 Å². The van der Waals surface area contributed by atoms with E-state index in [2.05, 4.69) is 30.8 Å². The fourth-order valence-electron chi connectivity index (χ4n) is 6.11. The molecule has 0 saturated carbocycles. The van der Waals surface area contributed by atoms with Crippen LogP contribution in [0.15, 0.2) is 42.5 Å². The van der Waals surface area contributed by atoms with Crippen molar-refractivity contribution in [2.24, 2.45) is 11.5 Å². The molecule has 4 aromatic heterocycles. The molecule has 4 heterocycles. The average molecular weight is 711 g/mol. The number of rotatable bonds is 13. The molecule has 0 fully saturated rings. The summed E-state index contributed by atoms with van der Waals surface area (Å²) in [4.78, 5) is 59.8. The minimum absolute atomic E-state index is 0. The zero-order valence-corrected chi connectivity index (χ0v) is 28.6. The van der Waals surface area contributed by atoms with Crippen molar-refractivity contribution in [3.05, 3.63) is 76.4 Å². The SMILES string of the molecule is C.CCn1nc(C)cc1C(=O)Nc1nc2cc(C(N)=O)ccc2n1CCCCn1c(NC(=O)c2cc(C)nn2CC)nc2c(O)c(C(N)=O)ccc21. The molecule has 0 atom stereocenters. The number of primary amides is 2. The van der Waals surface area contributed by atoms with Crippen LogP contribution < -0.4 is 22.1 Å². The molecule has 52 heavy (non-hydrogen) atoms. The van der Waals surface area contributed by atoms with Crippen molar-refractivity contribution in [3.63, 3.8) is 0 Å². The first kappa shape index (κ1) is 36.8. The molecule has 0 aliphatic rings. The second-order valence-electron chi connectivity index (χ2n) is 12.0. The topological polar surface area (TPSA) is 236 Å². The molecular weight excluding hydrogens is 668 g/mol. The molecule has 0 spiro atoms. The number of aromatic hydroxyl groups is 1. The standard InChI is InChI=1S/C34H38N12O5.CH4/c1-5-45-25(15-18(3)41-45)31(50)39-33-37-22-17-20(29(35)48)9-11-23(22)43(33)13-7-8-14-44-24-12-10-21(30(36)49)28(47)27(24)38-34(44)40-32(51)26-16-19(4)42-46(26)6-2;/h9-12,15-17,47H,5-8,13-14H2,1-4H3,(H2,35,48)(H2,36,49)(H,37,39,50)(H,38,40,51);1H4. The molecule has 0 radical (unpaired) electrons. The number of imidazole rings is 2. The zero-order valence-electron chi connectivity index (χ0n) is 28.6. The van der Waals surface area contributed by atoms with Gasteiger partial charge in [-0.1, -0.05) is 7.43 Å². The second kappa shape index (κ2) is 14.8. The van der Waals surface area contributed by atoms with Crippen molar-refractivity contribution < 1.29 is 24.3 Å². The van der Waals surface area contributed by atoms with Gasteiger partial charge in [0.15, 0.2) is 5.75 Å². The zero-order chi connectivity index (χ0) is 36.6. The number of nitrogens with zero attached hydrogens (tertiary/aromatic N) is 8. The number of aromatic nitrogens is 8. The van der Waals surface area contributed by atoms with E-state index >= 15 is 0 Å². The number of benzene rings is 2. The molecule has 7 N–H and O–H groups in total. The van der Waals surface area contributed by atoms with Crippen LogP contribution >= 0.6 is 0 Å². The second-order valence-corrected chi connectivity index (χ2v) is 12.0. The lowest BCUT2D eigenvalue weighted by Crippen LogP contribution is -2.20. The van der Waals surface area contributed by atoms with Crippen molar-refractivity contribution in [3.8, 4) is 5.75 Å². The Hall–Kier alpha value is -6.52. The van der Waals surface area contributed by atoms with Crippen LogP contribution in [0.1, 0.15) is 87.2 Å². The Morgan fingerprint density at radius 3 is 1.77 bits per heavy atom. The molecule has 6 aromatic rings. The summed E-state index contributed by atoms with van der Waals surface area (Å²) in [6.07, 6.45) is 1.12. The Morgan fingerprint density at radius 1 is 0.731 bits per heavy atom. The Kier molecular flexibility index (Phi) is 10.4. The monoisotopic (exact) mass is 710 g/mol. The maximum absolute atomic E-state index is 13.4. The lowest BCUT2D eigenvalue weighted by atomic mass is 10.1. The summed E-state index contributed by atoms with van der Waals surface area (Å²) >= 11 is 0. The number of hydrogen-bond acceptors (Lipinski definition) is 9. The van der Waals surface area contributed by atoms with Crippen molar-refractivity contribution in [2.75, 3.05) is 10.6 Å². The van der Waals surface area contributed by atoms with Gasteiger partial charge in [-0.3, -0.25) is 39.2 Å². The van der Waals surface area contributed by atoms with Gasteiger partial charge in [0.05, 0.1) is 33.5 Å². The van der Waals surface area contributed by atoms with Gasteiger partial charge in [-0.25, -0.2) is 9.97 Å². The molecule has 2 aromatic carbocycles. The highest BCUT2D eigenvalue weighted by molar-refractivity contribution is 6.05. The molecule has 17 heteroatoms. The van der Waals surface area contributed by atoms with E-state index in [1.54, 1.807) is 57.3 Å². The van der Waals surface area contributed by atoms with Crippen LogP contribution in [-0.2, 0) is 26.2 Å². The van der Waals surface area contributed by atoms with Gasteiger partial charge in [0, 0.05) is 31.7 Å².